The highest BCUT2D eigenvalue weighted by Gasteiger charge is 2.39. The molecule has 0 aliphatic carbocycles. The molecule has 5 N–H and O–H groups in total. The van der Waals surface area contributed by atoms with Gasteiger partial charge in [-0.25, -0.2) is 4.79 Å². The van der Waals surface area contributed by atoms with E-state index in [1.165, 1.54) is 17.0 Å². The van der Waals surface area contributed by atoms with Crippen molar-refractivity contribution < 1.29 is 33.8 Å². The molecular weight excluding hydrogens is 590 g/mol. The summed E-state index contributed by atoms with van der Waals surface area (Å²) in [6.07, 6.45) is 1.97. The van der Waals surface area contributed by atoms with Gasteiger partial charge in [0.15, 0.2) is 0 Å². The van der Waals surface area contributed by atoms with Crippen LogP contribution in [0, 0.1) is 0 Å². The predicted octanol–water partition coefficient (Wildman–Crippen LogP) is 2.41. The molecule has 2 aliphatic heterocycles. The van der Waals surface area contributed by atoms with Gasteiger partial charge in [0.2, 0.25) is 23.6 Å². The number of likely N-dealkylation sites (tertiary alicyclic amines) is 2. The molecule has 2 aliphatic rings. The van der Waals surface area contributed by atoms with E-state index in [9.17, 15) is 29.1 Å². The second-order valence-electron chi connectivity index (χ2n) is 13.0. The van der Waals surface area contributed by atoms with Gasteiger partial charge in [0.05, 0.1) is 0 Å². The van der Waals surface area contributed by atoms with Crippen LogP contribution in [0.25, 0.3) is 0 Å². The maximum atomic E-state index is 13.9. The molecule has 248 valence electrons. The van der Waals surface area contributed by atoms with E-state index in [4.69, 9.17) is 10.5 Å². The normalized spacial score (nSPS) is 19.3. The second kappa shape index (κ2) is 15.1. The second-order valence-corrected chi connectivity index (χ2v) is 13.0. The van der Waals surface area contributed by atoms with Crippen LogP contribution in [0.2, 0.25) is 0 Å². The van der Waals surface area contributed by atoms with Crippen LogP contribution in [0.15, 0.2) is 54.6 Å². The lowest BCUT2D eigenvalue weighted by Gasteiger charge is -2.31. The number of benzene rings is 2. The summed E-state index contributed by atoms with van der Waals surface area (Å²) in [5.74, 6) is -1.61. The van der Waals surface area contributed by atoms with E-state index in [0.717, 1.165) is 11.1 Å². The zero-order chi connectivity index (χ0) is 33.4. The van der Waals surface area contributed by atoms with Gasteiger partial charge in [-0.1, -0.05) is 42.5 Å². The van der Waals surface area contributed by atoms with Crippen molar-refractivity contribution in [3.8, 4) is 5.75 Å². The average Bonchev–Trinajstić information content (AvgIpc) is 3.67. The number of phenols is 1. The number of carbonyl (C=O) groups excluding carboxylic acids is 5. The van der Waals surface area contributed by atoms with Crippen molar-refractivity contribution in [2.24, 2.45) is 5.73 Å². The standard InChI is InChI=1S/C34H45N5O7/c1-34(2,3)46-33(45)37-27(20-23-13-15-25(40)16-14-23)31(43)38-17-7-11-24(38)21-29(41)36-26(19-22-9-5-4-6-10-22)32(44)39-18-8-12-28(39)30(35)42/h4-6,9-10,13-16,24,26-28,40H,7-8,11-12,17-21H2,1-3H3,(H2,35,42)(H,36,41)(H,37,45)/t24-,26+,27+,28+/m1/s1. The Bertz CT molecular complexity index is 1390. The van der Waals surface area contributed by atoms with Crippen molar-refractivity contribution in [3.63, 3.8) is 0 Å². The van der Waals surface area contributed by atoms with Gasteiger partial charge in [0, 0.05) is 38.4 Å². The number of hydrogen-bond acceptors (Lipinski definition) is 7. The van der Waals surface area contributed by atoms with Gasteiger partial charge in [0.25, 0.3) is 0 Å². The summed E-state index contributed by atoms with van der Waals surface area (Å²) in [7, 11) is 0. The minimum absolute atomic E-state index is 0.0398. The van der Waals surface area contributed by atoms with Gasteiger partial charge in [-0.05, 0) is 69.7 Å². The molecule has 2 saturated heterocycles. The van der Waals surface area contributed by atoms with Gasteiger partial charge in [0.1, 0.15) is 29.5 Å². The third kappa shape index (κ3) is 9.45. The number of aromatic hydroxyl groups is 1. The Balaban J connectivity index is 1.48. The number of phenolic OH excluding ortho intramolecular Hbond substituents is 1. The first kappa shape index (κ1) is 34.3. The largest absolute Gasteiger partial charge is 0.508 e. The summed E-state index contributed by atoms with van der Waals surface area (Å²) in [5, 5.41) is 15.3. The first-order valence-corrected chi connectivity index (χ1v) is 15.8. The number of nitrogens with zero attached hydrogens (tertiary/aromatic N) is 2. The highest BCUT2D eigenvalue weighted by atomic mass is 16.6. The molecule has 12 nitrogen and oxygen atoms in total. The van der Waals surface area contributed by atoms with E-state index >= 15 is 0 Å². The summed E-state index contributed by atoms with van der Waals surface area (Å²) >= 11 is 0. The third-order valence-corrected chi connectivity index (χ3v) is 8.23. The van der Waals surface area contributed by atoms with Crippen molar-refractivity contribution in [1.29, 1.82) is 0 Å². The molecule has 12 heteroatoms. The van der Waals surface area contributed by atoms with E-state index in [1.54, 1.807) is 37.8 Å². The molecule has 2 aromatic rings. The van der Waals surface area contributed by atoms with Crippen LogP contribution in [0.3, 0.4) is 0 Å². The smallest absolute Gasteiger partial charge is 0.408 e. The molecule has 0 spiro atoms. The fraction of sp³-hybridized carbons (Fsp3) is 0.500. The minimum Gasteiger partial charge on any atom is -0.508 e. The van der Waals surface area contributed by atoms with Crippen LogP contribution in [0.4, 0.5) is 4.79 Å². The van der Waals surface area contributed by atoms with E-state index in [2.05, 4.69) is 10.6 Å². The molecule has 46 heavy (non-hydrogen) atoms. The third-order valence-electron chi connectivity index (χ3n) is 8.23. The zero-order valence-corrected chi connectivity index (χ0v) is 26.7. The van der Waals surface area contributed by atoms with E-state index in [1.807, 2.05) is 30.3 Å². The number of rotatable bonds is 11. The molecule has 4 atom stereocenters. The fourth-order valence-corrected chi connectivity index (χ4v) is 6.10. The highest BCUT2D eigenvalue weighted by molar-refractivity contribution is 5.93. The van der Waals surface area contributed by atoms with Crippen molar-refractivity contribution in [3.05, 3.63) is 65.7 Å². The van der Waals surface area contributed by atoms with E-state index < -0.39 is 47.7 Å². The Morgan fingerprint density at radius 3 is 2.04 bits per heavy atom. The molecule has 0 saturated carbocycles. The van der Waals surface area contributed by atoms with Crippen molar-refractivity contribution in [1.82, 2.24) is 20.4 Å². The van der Waals surface area contributed by atoms with Gasteiger partial charge in [-0.2, -0.15) is 0 Å². The lowest BCUT2D eigenvalue weighted by atomic mass is 10.0. The summed E-state index contributed by atoms with van der Waals surface area (Å²) < 4.78 is 5.42. The molecular formula is C34H45N5O7. The molecule has 0 bridgehead atoms. The van der Waals surface area contributed by atoms with Crippen molar-refractivity contribution >= 4 is 29.7 Å². The van der Waals surface area contributed by atoms with Crippen LogP contribution in [0.5, 0.6) is 5.75 Å². The molecule has 0 radical (unpaired) electrons. The monoisotopic (exact) mass is 635 g/mol. The van der Waals surface area contributed by atoms with E-state index in [0.29, 0.717) is 38.8 Å². The number of ether oxygens (including phenoxy) is 1. The number of nitrogens with one attached hydrogen (secondary N) is 2. The first-order chi connectivity index (χ1) is 21.8. The Morgan fingerprint density at radius 2 is 1.41 bits per heavy atom. The topological polar surface area (TPSA) is 171 Å². The van der Waals surface area contributed by atoms with Crippen LogP contribution < -0.4 is 16.4 Å². The fourth-order valence-electron chi connectivity index (χ4n) is 6.10. The number of carbonyl (C=O) groups is 5. The molecule has 2 aromatic carbocycles. The lowest BCUT2D eigenvalue weighted by Crippen LogP contribution is -2.55. The molecule has 5 amide bonds. The first-order valence-electron chi connectivity index (χ1n) is 15.8. The highest BCUT2D eigenvalue weighted by Crippen LogP contribution is 2.24. The number of amides is 5. The summed E-state index contributed by atoms with van der Waals surface area (Å²) in [4.78, 5) is 68.9. The van der Waals surface area contributed by atoms with Gasteiger partial charge < -0.3 is 36.0 Å². The average molecular weight is 636 g/mol. The van der Waals surface area contributed by atoms with Crippen LogP contribution >= 0.6 is 0 Å². The zero-order valence-electron chi connectivity index (χ0n) is 26.7. The van der Waals surface area contributed by atoms with Crippen molar-refractivity contribution in [2.45, 2.75) is 95.5 Å². The number of primary amides is 1. The van der Waals surface area contributed by atoms with Gasteiger partial charge in [-0.3, -0.25) is 19.2 Å². The minimum atomic E-state index is -0.976. The number of nitrogens with two attached hydrogens (primary N) is 1. The molecule has 0 unspecified atom stereocenters. The quantitative estimate of drug-likeness (QED) is 0.294. The Morgan fingerprint density at radius 1 is 0.848 bits per heavy atom. The molecule has 4 rings (SSSR count). The Hall–Kier alpha value is -4.61. The van der Waals surface area contributed by atoms with Crippen LogP contribution in [-0.4, -0.2) is 87.5 Å². The number of alkyl carbamates (subject to hydrolysis) is 1. The molecule has 2 fully saturated rings. The van der Waals surface area contributed by atoms with Crippen molar-refractivity contribution in [2.75, 3.05) is 13.1 Å². The van der Waals surface area contributed by atoms with Gasteiger partial charge >= 0.3 is 6.09 Å². The predicted molar refractivity (Wildman–Crippen MR) is 170 cm³/mol. The summed E-state index contributed by atoms with van der Waals surface area (Å²) in [6.45, 7) is 5.97. The molecule has 0 aromatic heterocycles. The summed E-state index contributed by atoms with van der Waals surface area (Å²) in [6, 6.07) is 12.6. The van der Waals surface area contributed by atoms with Gasteiger partial charge in [-0.15, -0.1) is 0 Å². The number of hydrogen-bond donors (Lipinski definition) is 4. The maximum absolute atomic E-state index is 13.9. The molecule has 2 heterocycles. The Kier molecular flexibility index (Phi) is 11.3. The maximum Gasteiger partial charge on any atom is 0.408 e. The van der Waals surface area contributed by atoms with Crippen LogP contribution in [0.1, 0.15) is 64.0 Å². The Labute approximate surface area is 269 Å². The van der Waals surface area contributed by atoms with Crippen LogP contribution in [-0.2, 0) is 36.8 Å². The summed E-state index contributed by atoms with van der Waals surface area (Å²) in [5.41, 5.74) is 6.36. The lowest BCUT2D eigenvalue weighted by molar-refractivity contribution is -0.141. The van der Waals surface area contributed by atoms with E-state index in [-0.39, 0.29) is 36.8 Å². The SMILES string of the molecule is CC(C)(C)OC(=O)N[C@@H](Cc1ccc(O)cc1)C(=O)N1CCC[C@@H]1CC(=O)N[C@@H](Cc1ccccc1)C(=O)N1CCC[C@H]1C(N)=O.